The van der Waals surface area contributed by atoms with E-state index in [1.165, 1.54) is 21.3 Å². The highest BCUT2D eigenvalue weighted by molar-refractivity contribution is 5.54. The van der Waals surface area contributed by atoms with Crippen molar-refractivity contribution in [3.8, 4) is 0 Å². The van der Waals surface area contributed by atoms with Crippen molar-refractivity contribution in [1.82, 2.24) is 9.13 Å². The number of nitrogens with zero attached hydrogens (tertiary/aromatic N) is 2. The van der Waals surface area contributed by atoms with E-state index in [9.17, 15) is 9.59 Å². The van der Waals surface area contributed by atoms with Gasteiger partial charge in [0.05, 0.1) is 0 Å². The Balaban J connectivity index is 2.25. The minimum absolute atomic E-state index is 0.119. The van der Waals surface area contributed by atoms with E-state index in [4.69, 9.17) is 0 Å². The van der Waals surface area contributed by atoms with Crippen molar-refractivity contribution in [1.29, 1.82) is 0 Å². The minimum Gasteiger partial charge on any atom is -0.328 e. The molecule has 16 heavy (non-hydrogen) atoms. The lowest BCUT2D eigenvalue weighted by Crippen LogP contribution is -2.35. The molecule has 0 bridgehead atoms. The molecule has 0 saturated carbocycles. The first-order chi connectivity index (χ1) is 7.75. The minimum atomic E-state index is -0.119. The van der Waals surface area contributed by atoms with Gasteiger partial charge in [0.1, 0.15) is 18.3 Å². The second kappa shape index (κ2) is 3.10. The van der Waals surface area contributed by atoms with Crippen LogP contribution < -0.4 is 16.4 Å². The van der Waals surface area contributed by atoms with Gasteiger partial charge in [0.15, 0.2) is 0 Å². The van der Waals surface area contributed by atoms with Crippen LogP contribution in [0.4, 0.5) is 11.6 Å². The van der Waals surface area contributed by atoms with Crippen LogP contribution in [0.15, 0.2) is 46.0 Å². The predicted molar refractivity (Wildman–Crippen MR) is 60.1 cm³/mol. The molecule has 1 N–H and O–H groups in total. The van der Waals surface area contributed by atoms with E-state index in [2.05, 4.69) is 5.32 Å². The zero-order valence-corrected chi connectivity index (χ0v) is 8.38. The summed E-state index contributed by atoms with van der Waals surface area (Å²) in [7, 11) is 0. The molecule has 0 radical (unpaired) electrons. The van der Waals surface area contributed by atoms with Crippen LogP contribution in [0, 0.1) is 0 Å². The zero-order valence-electron chi connectivity index (χ0n) is 8.38. The van der Waals surface area contributed by atoms with E-state index in [1.54, 1.807) is 12.1 Å². The SMILES string of the molecule is O=c1cccc2n1Cn1c(cccc1=O)N2. The molecule has 1 aliphatic rings. The maximum absolute atomic E-state index is 11.6. The number of nitrogens with one attached hydrogen (secondary N) is 1. The van der Waals surface area contributed by atoms with E-state index < -0.39 is 0 Å². The number of rotatable bonds is 0. The predicted octanol–water partition coefficient (Wildman–Crippen LogP) is 0.573. The number of hydrogen-bond acceptors (Lipinski definition) is 3. The van der Waals surface area contributed by atoms with Gasteiger partial charge in [-0.25, -0.2) is 0 Å². The van der Waals surface area contributed by atoms with E-state index in [1.807, 2.05) is 12.1 Å². The van der Waals surface area contributed by atoms with Crippen LogP contribution in [-0.4, -0.2) is 9.13 Å². The molecule has 2 aromatic heterocycles. The summed E-state index contributed by atoms with van der Waals surface area (Å²) in [6.07, 6.45) is 0. The van der Waals surface area contributed by atoms with Crippen LogP contribution in [0.5, 0.6) is 0 Å². The van der Waals surface area contributed by atoms with Crippen LogP contribution in [0.2, 0.25) is 0 Å². The smallest absolute Gasteiger partial charge is 0.253 e. The molecule has 0 fully saturated rings. The molecule has 0 unspecified atom stereocenters. The van der Waals surface area contributed by atoms with Crippen LogP contribution in [0.1, 0.15) is 0 Å². The molecule has 5 nitrogen and oxygen atoms in total. The molecule has 1 aliphatic heterocycles. The van der Waals surface area contributed by atoms with Crippen molar-refractivity contribution in [2.75, 3.05) is 5.32 Å². The first-order valence-corrected chi connectivity index (χ1v) is 4.92. The third kappa shape index (κ3) is 1.18. The summed E-state index contributed by atoms with van der Waals surface area (Å²) in [6, 6.07) is 9.95. The molecule has 0 saturated heterocycles. The van der Waals surface area contributed by atoms with Crippen molar-refractivity contribution in [2.24, 2.45) is 0 Å². The Bertz CT molecular complexity index is 612. The van der Waals surface area contributed by atoms with E-state index >= 15 is 0 Å². The van der Waals surface area contributed by atoms with Crippen molar-refractivity contribution < 1.29 is 0 Å². The Morgan fingerprint density at radius 1 is 0.875 bits per heavy atom. The van der Waals surface area contributed by atoms with Gasteiger partial charge in [0.2, 0.25) is 0 Å². The number of pyridine rings is 2. The largest absolute Gasteiger partial charge is 0.328 e. The maximum Gasteiger partial charge on any atom is 0.253 e. The van der Waals surface area contributed by atoms with Crippen LogP contribution in [-0.2, 0) is 6.67 Å². The molecule has 80 valence electrons. The first kappa shape index (κ1) is 8.96. The molecule has 0 amide bonds. The van der Waals surface area contributed by atoms with Crippen LogP contribution in [0.25, 0.3) is 0 Å². The average molecular weight is 215 g/mol. The average Bonchev–Trinajstić information content (AvgIpc) is 2.28. The molecule has 2 aromatic rings. The Labute approximate surface area is 90.6 Å². The fraction of sp³-hybridized carbons (Fsp3) is 0.0909. The van der Waals surface area contributed by atoms with Gasteiger partial charge in [-0.2, -0.15) is 0 Å². The number of aromatic nitrogens is 2. The van der Waals surface area contributed by atoms with Crippen molar-refractivity contribution in [3.05, 3.63) is 57.1 Å². The van der Waals surface area contributed by atoms with Gasteiger partial charge in [-0.1, -0.05) is 12.1 Å². The molecule has 3 heterocycles. The van der Waals surface area contributed by atoms with Gasteiger partial charge in [-0.3, -0.25) is 18.7 Å². The van der Waals surface area contributed by atoms with Crippen molar-refractivity contribution in [3.63, 3.8) is 0 Å². The lowest BCUT2D eigenvalue weighted by molar-refractivity contribution is 0.565. The van der Waals surface area contributed by atoms with Crippen molar-refractivity contribution >= 4 is 11.6 Å². The highest BCUT2D eigenvalue weighted by Crippen LogP contribution is 2.18. The number of hydrogen-bond donors (Lipinski definition) is 1. The second-order valence-corrected chi connectivity index (χ2v) is 3.62. The monoisotopic (exact) mass is 215 g/mol. The maximum atomic E-state index is 11.6. The van der Waals surface area contributed by atoms with Gasteiger partial charge in [0, 0.05) is 12.1 Å². The summed E-state index contributed by atoms with van der Waals surface area (Å²) < 4.78 is 3.04. The molecule has 0 atom stereocenters. The quantitative estimate of drug-likeness (QED) is 0.596. The van der Waals surface area contributed by atoms with Gasteiger partial charge in [-0.15, -0.1) is 0 Å². The zero-order chi connectivity index (χ0) is 11.1. The van der Waals surface area contributed by atoms with Gasteiger partial charge in [-0.05, 0) is 12.1 Å². The summed E-state index contributed by atoms with van der Waals surface area (Å²) in [6.45, 7) is 0.261. The summed E-state index contributed by atoms with van der Waals surface area (Å²) in [4.78, 5) is 23.2. The fourth-order valence-corrected chi connectivity index (χ4v) is 1.82. The summed E-state index contributed by atoms with van der Waals surface area (Å²) in [5.74, 6) is 1.41. The highest BCUT2D eigenvalue weighted by Gasteiger charge is 2.14. The van der Waals surface area contributed by atoms with E-state index in [0.717, 1.165) is 0 Å². The Hall–Kier alpha value is -2.30. The summed E-state index contributed by atoms with van der Waals surface area (Å²) >= 11 is 0. The topological polar surface area (TPSA) is 56.0 Å². The first-order valence-electron chi connectivity index (χ1n) is 4.92. The molecular weight excluding hydrogens is 206 g/mol. The third-order valence-electron chi connectivity index (χ3n) is 2.64. The standard InChI is InChI=1S/C11H9N3O2/c15-10-5-1-3-8-12-9-4-2-6-11(16)14(9)7-13(8)10/h1-6,12H,7H2. The fourth-order valence-electron chi connectivity index (χ4n) is 1.82. The number of fused-ring (bicyclic) bond motifs is 2. The molecule has 0 spiro atoms. The molecule has 0 aromatic carbocycles. The molecule has 0 aliphatic carbocycles. The van der Waals surface area contributed by atoms with Crippen LogP contribution >= 0.6 is 0 Å². The van der Waals surface area contributed by atoms with Gasteiger partial charge in [0.25, 0.3) is 11.1 Å². The van der Waals surface area contributed by atoms with Crippen LogP contribution in [0.3, 0.4) is 0 Å². The molecule has 5 heteroatoms. The Morgan fingerprint density at radius 3 is 1.88 bits per heavy atom. The lowest BCUT2D eigenvalue weighted by Gasteiger charge is -2.23. The summed E-state index contributed by atoms with van der Waals surface area (Å²) in [5, 5.41) is 3.05. The molecular formula is C11H9N3O2. The van der Waals surface area contributed by atoms with E-state index in [0.29, 0.717) is 11.6 Å². The van der Waals surface area contributed by atoms with E-state index in [-0.39, 0.29) is 17.8 Å². The summed E-state index contributed by atoms with van der Waals surface area (Å²) in [5.41, 5.74) is -0.238. The second-order valence-electron chi connectivity index (χ2n) is 3.62. The number of anilines is 2. The highest BCUT2D eigenvalue weighted by atomic mass is 16.1. The van der Waals surface area contributed by atoms with Gasteiger partial charge < -0.3 is 5.32 Å². The van der Waals surface area contributed by atoms with Crippen molar-refractivity contribution in [2.45, 2.75) is 6.67 Å². The normalized spacial score (nSPS) is 12.5. The Kier molecular flexibility index (Phi) is 1.73. The lowest BCUT2D eigenvalue weighted by atomic mass is 10.3. The van der Waals surface area contributed by atoms with Gasteiger partial charge >= 0.3 is 0 Å². The third-order valence-corrected chi connectivity index (χ3v) is 2.64. The Morgan fingerprint density at radius 2 is 1.38 bits per heavy atom. The molecule has 3 rings (SSSR count).